The summed E-state index contributed by atoms with van der Waals surface area (Å²) >= 11 is 0. The highest BCUT2D eigenvalue weighted by atomic mass is 16.7. The molecule has 0 aromatic heterocycles. The number of aliphatic hydroxyl groups excluding tert-OH is 11. The van der Waals surface area contributed by atoms with E-state index in [9.17, 15) is 56.2 Å². The maximum atomic E-state index is 10.8. The standard InChI is InChI=1S/C18H32O16/c19-1-4-7(22)9(24)12(27)17(31-4)34-15-8(23)5(2-20)32-18(13(15)28)33-14-6(3-21)30-16(29)11(26)10(14)25/h4-29H,1-3H2/t4-,5-,6-,7+,8+,9+,10-,11-,12-,13-,14-,15+,16-,17-,18-/m1/s1. The van der Waals surface area contributed by atoms with Gasteiger partial charge in [0.25, 0.3) is 0 Å². The average Bonchev–Trinajstić information content (AvgIpc) is 2.83. The van der Waals surface area contributed by atoms with Crippen LogP contribution in [0.2, 0.25) is 0 Å². The van der Waals surface area contributed by atoms with Crippen LogP contribution >= 0.6 is 0 Å². The quantitative estimate of drug-likeness (QED) is 0.154. The van der Waals surface area contributed by atoms with Crippen molar-refractivity contribution in [2.24, 2.45) is 0 Å². The van der Waals surface area contributed by atoms with Crippen LogP contribution in [0.5, 0.6) is 0 Å². The van der Waals surface area contributed by atoms with Crippen molar-refractivity contribution in [2.75, 3.05) is 19.8 Å². The van der Waals surface area contributed by atoms with E-state index in [2.05, 4.69) is 0 Å². The maximum absolute atomic E-state index is 10.8. The zero-order valence-corrected chi connectivity index (χ0v) is 17.7. The third-order valence-corrected chi connectivity index (χ3v) is 6.09. The molecule has 3 aliphatic heterocycles. The molecule has 0 aromatic rings. The van der Waals surface area contributed by atoms with Crippen molar-refractivity contribution in [3.8, 4) is 0 Å². The van der Waals surface area contributed by atoms with Crippen molar-refractivity contribution in [1.82, 2.24) is 0 Å². The summed E-state index contributed by atoms with van der Waals surface area (Å²) in [7, 11) is 0. The number of hydrogen-bond donors (Lipinski definition) is 11. The molecule has 3 heterocycles. The lowest BCUT2D eigenvalue weighted by Crippen LogP contribution is -2.66. The van der Waals surface area contributed by atoms with Gasteiger partial charge in [-0.3, -0.25) is 0 Å². The molecule has 3 rings (SSSR count). The molecule has 3 saturated heterocycles. The minimum Gasteiger partial charge on any atom is -0.394 e. The molecule has 0 spiro atoms. The van der Waals surface area contributed by atoms with E-state index in [1.807, 2.05) is 0 Å². The fraction of sp³-hybridized carbons (Fsp3) is 1.00. The monoisotopic (exact) mass is 504 g/mol. The number of hydrogen-bond acceptors (Lipinski definition) is 16. The Kier molecular flexibility index (Phi) is 9.54. The van der Waals surface area contributed by atoms with Gasteiger partial charge in [0.05, 0.1) is 19.8 Å². The molecule has 3 fully saturated rings. The van der Waals surface area contributed by atoms with E-state index in [1.54, 1.807) is 0 Å². The third kappa shape index (κ3) is 5.37. The maximum Gasteiger partial charge on any atom is 0.187 e. The molecule has 34 heavy (non-hydrogen) atoms. The normalized spacial score (nSPS) is 52.5. The van der Waals surface area contributed by atoms with Gasteiger partial charge in [-0.15, -0.1) is 0 Å². The Hall–Kier alpha value is -0.640. The highest BCUT2D eigenvalue weighted by molar-refractivity contribution is 4.96. The minimum atomic E-state index is -1.90. The van der Waals surface area contributed by atoms with Gasteiger partial charge >= 0.3 is 0 Å². The van der Waals surface area contributed by atoms with Gasteiger partial charge in [0.1, 0.15) is 73.2 Å². The van der Waals surface area contributed by atoms with Crippen LogP contribution in [0.25, 0.3) is 0 Å². The van der Waals surface area contributed by atoms with E-state index in [0.29, 0.717) is 0 Å². The number of rotatable bonds is 7. The zero-order valence-electron chi connectivity index (χ0n) is 17.7. The lowest BCUT2D eigenvalue weighted by molar-refractivity contribution is -0.378. The molecular weight excluding hydrogens is 472 g/mol. The van der Waals surface area contributed by atoms with Crippen molar-refractivity contribution in [3.05, 3.63) is 0 Å². The second-order valence-corrected chi connectivity index (χ2v) is 8.33. The molecular formula is C18H32O16. The molecule has 11 N–H and O–H groups in total. The molecule has 0 aromatic carbocycles. The fourth-order valence-electron chi connectivity index (χ4n) is 4.05. The molecule has 16 heteroatoms. The second kappa shape index (κ2) is 11.6. The lowest BCUT2D eigenvalue weighted by atomic mass is 9.96. The predicted molar refractivity (Wildman–Crippen MR) is 101 cm³/mol. The Morgan fingerprint density at radius 2 is 0.941 bits per heavy atom. The van der Waals surface area contributed by atoms with E-state index in [4.69, 9.17) is 23.7 Å². The van der Waals surface area contributed by atoms with Crippen LogP contribution in [-0.2, 0) is 23.7 Å². The lowest BCUT2D eigenvalue weighted by Gasteiger charge is -2.47. The Morgan fingerprint density at radius 1 is 0.441 bits per heavy atom. The second-order valence-electron chi connectivity index (χ2n) is 8.33. The smallest absolute Gasteiger partial charge is 0.187 e. The molecule has 0 unspecified atom stereocenters. The Bertz CT molecular complexity index is 637. The topological polar surface area (TPSA) is 269 Å². The first-order valence-electron chi connectivity index (χ1n) is 10.6. The van der Waals surface area contributed by atoms with Crippen molar-refractivity contribution in [2.45, 2.75) is 92.1 Å². The molecule has 0 radical (unpaired) electrons. The Morgan fingerprint density at radius 3 is 1.50 bits per heavy atom. The predicted octanol–water partition coefficient (Wildman–Crippen LogP) is -7.57. The molecule has 0 saturated carbocycles. The van der Waals surface area contributed by atoms with Gasteiger partial charge in [0, 0.05) is 0 Å². The summed E-state index contributed by atoms with van der Waals surface area (Å²) in [6.07, 6.45) is -25.4. The van der Waals surface area contributed by atoms with Gasteiger partial charge in [0.2, 0.25) is 0 Å². The van der Waals surface area contributed by atoms with E-state index >= 15 is 0 Å². The molecule has 0 aliphatic carbocycles. The van der Waals surface area contributed by atoms with Crippen LogP contribution in [0.4, 0.5) is 0 Å². The first-order valence-corrected chi connectivity index (χ1v) is 10.6. The van der Waals surface area contributed by atoms with Crippen molar-refractivity contribution >= 4 is 0 Å². The molecule has 16 nitrogen and oxygen atoms in total. The first kappa shape index (κ1) is 27.9. The number of aliphatic hydroxyl groups is 11. The molecule has 0 amide bonds. The number of ether oxygens (including phenoxy) is 5. The highest BCUT2D eigenvalue weighted by Crippen LogP contribution is 2.32. The molecule has 0 bridgehead atoms. The van der Waals surface area contributed by atoms with Crippen LogP contribution in [0.15, 0.2) is 0 Å². The molecule has 200 valence electrons. The highest BCUT2D eigenvalue weighted by Gasteiger charge is 2.53. The van der Waals surface area contributed by atoms with Crippen LogP contribution < -0.4 is 0 Å². The van der Waals surface area contributed by atoms with Gasteiger partial charge in [-0.25, -0.2) is 0 Å². The fourth-order valence-corrected chi connectivity index (χ4v) is 4.05. The summed E-state index contributed by atoms with van der Waals surface area (Å²) in [6.45, 7) is -2.34. The average molecular weight is 504 g/mol. The Balaban J connectivity index is 1.78. The third-order valence-electron chi connectivity index (χ3n) is 6.09. The van der Waals surface area contributed by atoms with Gasteiger partial charge < -0.3 is 79.9 Å². The SMILES string of the molecule is OC[C@H]1O[C@H](O[C@H]2[C@@H](O)[C@@H](CO)O[C@H](O[C@H]3[C@H](O)[C@@H](O)[C@H](O)O[C@@H]3CO)[C@@H]2O)[C@H](O)[C@@H](O)[C@H]1O. The Labute approximate surface area is 192 Å². The van der Waals surface area contributed by atoms with Crippen LogP contribution in [-0.4, -0.2) is 168 Å². The van der Waals surface area contributed by atoms with Crippen molar-refractivity contribution < 1.29 is 79.9 Å². The molecule has 15 atom stereocenters. The summed E-state index contributed by atoms with van der Waals surface area (Å²) in [4.78, 5) is 0. The zero-order chi connectivity index (χ0) is 25.3. The van der Waals surface area contributed by atoms with Crippen LogP contribution in [0.3, 0.4) is 0 Å². The summed E-state index contributed by atoms with van der Waals surface area (Å²) in [5.41, 5.74) is 0. The minimum absolute atomic E-state index is 0.759. The van der Waals surface area contributed by atoms with E-state index < -0.39 is 112 Å². The van der Waals surface area contributed by atoms with Crippen molar-refractivity contribution in [1.29, 1.82) is 0 Å². The molecule has 3 aliphatic rings. The summed E-state index contributed by atoms with van der Waals surface area (Å²) < 4.78 is 26.4. The van der Waals surface area contributed by atoms with Gasteiger partial charge in [0.15, 0.2) is 18.9 Å². The van der Waals surface area contributed by atoms with E-state index in [0.717, 1.165) is 0 Å². The van der Waals surface area contributed by atoms with Gasteiger partial charge in [-0.1, -0.05) is 0 Å². The van der Waals surface area contributed by atoms with Crippen LogP contribution in [0, 0.1) is 0 Å². The summed E-state index contributed by atoms with van der Waals surface area (Å²) in [6, 6.07) is 0. The summed E-state index contributed by atoms with van der Waals surface area (Å²) in [5.74, 6) is 0. The summed E-state index contributed by atoms with van der Waals surface area (Å²) in [5, 5.41) is 109. The van der Waals surface area contributed by atoms with Crippen molar-refractivity contribution in [3.63, 3.8) is 0 Å². The first-order chi connectivity index (χ1) is 16.0. The van der Waals surface area contributed by atoms with E-state index in [-0.39, 0.29) is 0 Å². The largest absolute Gasteiger partial charge is 0.394 e. The van der Waals surface area contributed by atoms with Gasteiger partial charge in [-0.2, -0.15) is 0 Å². The van der Waals surface area contributed by atoms with Gasteiger partial charge in [-0.05, 0) is 0 Å². The van der Waals surface area contributed by atoms with Crippen LogP contribution in [0.1, 0.15) is 0 Å². The van der Waals surface area contributed by atoms with E-state index in [1.165, 1.54) is 0 Å².